The minimum absolute atomic E-state index is 0.0393. The predicted octanol–water partition coefficient (Wildman–Crippen LogP) is 2.75. The number of rotatable bonds is 4. The zero-order chi connectivity index (χ0) is 13.9. The molecule has 2 rings (SSSR count). The number of hydrogen-bond acceptors (Lipinski definition) is 1. The van der Waals surface area contributed by atoms with Gasteiger partial charge in [0, 0.05) is 13.0 Å². The highest BCUT2D eigenvalue weighted by Crippen LogP contribution is 2.39. The summed E-state index contributed by atoms with van der Waals surface area (Å²) in [4.78, 5) is 0. The molecule has 0 bridgehead atoms. The van der Waals surface area contributed by atoms with E-state index in [2.05, 4.69) is 19.6 Å². The van der Waals surface area contributed by atoms with Gasteiger partial charge in [-0.05, 0) is 56.2 Å². The van der Waals surface area contributed by atoms with E-state index in [1.54, 1.807) is 12.1 Å². The van der Waals surface area contributed by atoms with E-state index in [1.165, 1.54) is 5.56 Å². The van der Waals surface area contributed by atoms with Gasteiger partial charge in [-0.15, -0.1) is 0 Å². The van der Waals surface area contributed by atoms with Crippen LogP contribution in [-0.4, -0.2) is 18.8 Å². The Balaban J connectivity index is 2.17. The Morgan fingerprint density at radius 1 is 1.37 bits per heavy atom. The summed E-state index contributed by atoms with van der Waals surface area (Å²) in [5, 5.41) is 0. The summed E-state index contributed by atoms with van der Waals surface area (Å²) in [6.45, 7) is 6.06. The molecule has 1 aromatic carbocycles. The molecule has 0 aromatic heterocycles. The van der Waals surface area contributed by atoms with Gasteiger partial charge in [-0.3, -0.25) is 0 Å². The fourth-order valence-corrected chi connectivity index (χ4v) is 3.23. The van der Waals surface area contributed by atoms with Crippen molar-refractivity contribution in [2.45, 2.75) is 44.6 Å². The van der Waals surface area contributed by atoms with E-state index in [1.807, 2.05) is 12.1 Å². The molecule has 1 saturated heterocycles. The molecule has 2 atom stereocenters. The number of ether oxygens (including phenoxy) is 1. The number of benzene rings is 1. The van der Waals surface area contributed by atoms with Crippen LogP contribution in [0.3, 0.4) is 0 Å². The lowest BCUT2D eigenvalue weighted by atomic mass is 9.75. The normalized spacial score (nSPS) is 24.1. The van der Waals surface area contributed by atoms with E-state index < -0.39 is 0 Å². The van der Waals surface area contributed by atoms with Crippen molar-refractivity contribution in [1.82, 2.24) is 0 Å². The molecule has 0 unspecified atom stereocenters. The van der Waals surface area contributed by atoms with E-state index >= 15 is 0 Å². The highest BCUT2D eigenvalue weighted by Gasteiger charge is 2.34. The lowest BCUT2D eigenvalue weighted by molar-refractivity contribution is -0.369. The molecule has 1 heterocycles. The maximum Gasteiger partial charge on any atom is 0.123 e. The van der Waals surface area contributed by atoms with Gasteiger partial charge in [-0.25, -0.2) is 4.39 Å². The number of halogens is 1. The first-order valence-corrected chi connectivity index (χ1v) is 7.20. The molecule has 0 aliphatic carbocycles. The van der Waals surface area contributed by atoms with Gasteiger partial charge in [-0.1, -0.05) is 12.1 Å². The Hall–Kier alpha value is -0.930. The largest absolute Gasteiger partial charge is 0.376 e. The van der Waals surface area contributed by atoms with Crippen LogP contribution < -0.4 is 5.73 Å². The van der Waals surface area contributed by atoms with E-state index in [0.29, 0.717) is 11.8 Å². The first-order chi connectivity index (χ1) is 9.02. The first-order valence-electron chi connectivity index (χ1n) is 7.20. The van der Waals surface area contributed by atoms with Gasteiger partial charge in [0.25, 0.3) is 0 Å². The van der Waals surface area contributed by atoms with Gasteiger partial charge in [0.05, 0.1) is 12.1 Å². The molecule has 0 amide bonds. The van der Waals surface area contributed by atoms with Crippen LogP contribution in [0.4, 0.5) is 4.39 Å². The van der Waals surface area contributed by atoms with Gasteiger partial charge in [0.15, 0.2) is 0 Å². The van der Waals surface area contributed by atoms with Crippen molar-refractivity contribution in [2.24, 2.45) is 5.92 Å². The van der Waals surface area contributed by atoms with Crippen molar-refractivity contribution in [2.75, 3.05) is 13.2 Å². The van der Waals surface area contributed by atoms with Crippen molar-refractivity contribution in [3.8, 4) is 0 Å². The van der Waals surface area contributed by atoms with Gasteiger partial charge in [-0.2, -0.15) is 0 Å². The van der Waals surface area contributed by atoms with Crippen molar-refractivity contribution in [3.05, 3.63) is 35.6 Å². The van der Waals surface area contributed by atoms with Gasteiger partial charge < -0.3 is 10.5 Å². The molecular weight excluding hydrogens is 241 g/mol. The van der Waals surface area contributed by atoms with E-state index in [0.717, 1.165) is 32.4 Å². The van der Waals surface area contributed by atoms with Crippen LogP contribution in [0.2, 0.25) is 0 Å². The van der Waals surface area contributed by atoms with E-state index in [9.17, 15) is 4.39 Å². The third-order valence-electron chi connectivity index (χ3n) is 4.12. The van der Waals surface area contributed by atoms with Crippen molar-refractivity contribution < 1.29 is 14.9 Å². The lowest BCUT2D eigenvalue weighted by Gasteiger charge is -2.39. The third kappa shape index (κ3) is 3.77. The standard InChI is InChI=1S/C16H24FNO/c1-16(2)11-13(8-10-19-16)15(7-9-18)12-3-5-14(17)6-4-12/h3-6,13,15H,7-11,18H2,1-2H3/p+1/t13-,15-/m0/s1. The van der Waals surface area contributed by atoms with Crippen molar-refractivity contribution in [1.29, 1.82) is 0 Å². The van der Waals surface area contributed by atoms with Crippen molar-refractivity contribution in [3.63, 3.8) is 0 Å². The molecule has 0 radical (unpaired) electrons. The highest BCUT2D eigenvalue weighted by atomic mass is 19.1. The Kier molecular flexibility index (Phi) is 4.58. The van der Waals surface area contributed by atoms with Crippen LogP contribution >= 0.6 is 0 Å². The predicted molar refractivity (Wildman–Crippen MR) is 74.3 cm³/mol. The lowest BCUT2D eigenvalue weighted by Crippen LogP contribution is -2.51. The minimum atomic E-state index is -0.163. The summed E-state index contributed by atoms with van der Waals surface area (Å²) < 4.78 is 18.9. The maximum atomic E-state index is 13.1. The average molecular weight is 266 g/mol. The molecule has 19 heavy (non-hydrogen) atoms. The van der Waals surface area contributed by atoms with E-state index in [-0.39, 0.29) is 11.4 Å². The molecule has 1 aliphatic rings. The molecule has 3 N–H and O–H groups in total. The van der Waals surface area contributed by atoms with Crippen LogP contribution in [0.1, 0.15) is 44.6 Å². The molecular formula is C16H25FNO+. The molecule has 106 valence electrons. The zero-order valence-corrected chi connectivity index (χ0v) is 12.0. The number of quaternary nitrogens is 1. The summed E-state index contributed by atoms with van der Waals surface area (Å²) >= 11 is 0. The third-order valence-corrected chi connectivity index (χ3v) is 4.12. The molecule has 0 spiro atoms. The quantitative estimate of drug-likeness (QED) is 0.894. The SMILES string of the molecule is CC1(C)C[C@@H]([C@@H](CC[NH3+])c2ccc(F)cc2)CCO1. The second kappa shape index (κ2) is 6.02. The molecule has 1 aliphatic heterocycles. The van der Waals surface area contributed by atoms with Crippen LogP contribution in [0.25, 0.3) is 0 Å². The smallest absolute Gasteiger partial charge is 0.123 e. The van der Waals surface area contributed by atoms with Gasteiger partial charge >= 0.3 is 0 Å². The van der Waals surface area contributed by atoms with Crippen LogP contribution in [0.5, 0.6) is 0 Å². The Labute approximate surface area is 115 Å². The van der Waals surface area contributed by atoms with Crippen LogP contribution in [0, 0.1) is 11.7 Å². The monoisotopic (exact) mass is 266 g/mol. The summed E-state index contributed by atoms with van der Waals surface area (Å²) in [6.07, 6.45) is 3.22. The minimum Gasteiger partial charge on any atom is -0.376 e. The number of hydrogen-bond donors (Lipinski definition) is 1. The first kappa shape index (κ1) is 14.5. The molecule has 1 fully saturated rings. The van der Waals surface area contributed by atoms with Crippen LogP contribution in [0.15, 0.2) is 24.3 Å². The Morgan fingerprint density at radius 2 is 2.05 bits per heavy atom. The van der Waals surface area contributed by atoms with Gasteiger partial charge in [0.2, 0.25) is 0 Å². The Bertz CT molecular complexity index is 402. The summed E-state index contributed by atoms with van der Waals surface area (Å²) in [7, 11) is 0. The molecule has 3 heteroatoms. The molecule has 1 aromatic rings. The zero-order valence-electron chi connectivity index (χ0n) is 12.0. The Morgan fingerprint density at radius 3 is 2.63 bits per heavy atom. The van der Waals surface area contributed by atoms with E-state index in [4.69, 9.17) is 4.74 Å². The maximum absolute atomic E-state index is 13.1. The van der Waals surface area contributed by atoms with Crippen molar-refractivity contribution >= 4 is 0 Å². The molecule has 0 saturated carbocycles. The molecule has 2 nitrogen and oxygen atoms in total. The summed E-state index contributed by atoms with van der Waals surface area (Å²) in [5.41, 5.74) is 5.20. The second-order valence-corrected chi connectivity index (χ2v) is 6.16. The average Bonchev–Trinajstić information content (AvgIpc) is 2.36. The van der Waals surface area contributed by atoms with Gasteiger partial charge in [0.1, 0.15) is 5.82 Å². The van der Waals surface area contributed by atoms with Crippen LogP contribution in [-0.2, 0) is 4.74 Å². The fourth-order valence-electron chi connectivity index (χ4n) is 3.23. The summed E-state index contributed by atoms with van der Waals surface area (Å²) in [6, 6.07) is 6.99. The summed E-state index contributed by atoms with van der Waals surface area (Å²) in [5.74, 6) is 0.918. The topological polar surface area (TPSA) is 36.9 Å². The fraction of sp³-hybridized carbons (Fsp3) is 0.625. The second-order valence-electron chi connectivity index (χ2n) is 6.16. The highest BCUT2D eigenvalue weighted by molar-refractivity contribution is 5.21.